The SMILES string of the molecule is CCCCc1ncc(CN2CCC(c3nn(C)c(=O)n3CC)CC2)[nH]1. The molecule has 7 nitrogen and oxygen atoms in total. The summed E-state index contributed by atoms with van der Waals surface area (Å²) in [5.41, 5.74) is 1.20. The molecule has 0 atom stereocenters. The Balaban J connectivity index is 1.56. The van der Waals surface area contributed by atoms with Gasteiger partial charge in [-0.05, 0) is 39.3 Å². The molecule has 0 spiro atoms. The van der Waals surface area contributed by atoms with Crippen LogP contribution in [0.5, 0.6) is 0 Å². The maximum absolute atomic E-state index is 12.1. The van der Waals surface area contributed by atoms with Gasteiger partial charge in [-0.2, -0.15) is 5.10 Å². The summed E-state index contributed by atoms with van der Waals surface area (Å²) in [6.45, 7) is 7.89. The normalized spacial score (nSPS) is 16.6. The summed E-state index contributed by atoms with van der Waals surface area (Å²) >= 11 is 0. The third kappa shape index (κ3) is 4.03. The van der Waals surface area contributed by atoms with Crippen molar-refractivity contribution in [2.24, 2.45) is 7.05 Å². The average Bonchev–Trinajstić information content (AvgIpc) is 3.18. The van der Waals surface area contributed by atoms with Gasteiger partial charge < -0.3 is 4.98 Å². The van der Waals surface area contributed by atoms with E-state index in [9.17, 15) is 4.79 Å². The Morgan fingerprint density at radius 3 is 2.72 bits per heavy atom. The molecule has 3 heterocycles. The molecule has 2 aromatic heterocycles. The third-order valence-electron chi connectivity index (χ3n) is 5.15. The molecular formula is C18H30N6O. The topological polar surface area (TPSA) is 71.7 Å². The lowest BCUT2D eigenvalue weighted by molar-refractivity contribution is 0.198. The second-order valence-electron chi connectivity index (χ2n) is 7.02. The van der Waals surface area contributed by atoms with Crippen LogP contribution in [0.15, 0.2) is 11.0 Å². The molecule has 1 fully saturated rings. The predicted molar refractivity (Wildman–Crippen MR) is 97.6 cm³/mol. The van der Waals surface area contributed by atoms with E-state index in [0.717, 1.165) is 50.5 Å². The number of rotatable bonds is 7. The number of unbranched alkanes of at least 4 members (excludes halogenated alkanes) is 1. The zero-order valence-electron chi connectivity index (χ0n) is 15.7. The monoisotopic (exact) mass is 346 g/mol. The van der Waals surface area contributed by atoms with Crippen molar-refractivity contribution < 1.29 is 0 Å². The van der Waals surface area contributed by atoms with Crippen molar-refractivity contribution in [3.8, 4) is 0 Å². The molecule has 1 aliphatic heterocycles. The fraction of sp³-hybridized carbons (Fsp3) is 0.722. The Bertz CT molecular complexity index is 735. The first-order valence-corrected chi connectivity index (χ1v) is 9.51. The molecule has 1 aliphatic rings. The number of aromatic nitrogens is 5. The van der Waals surface area contributed by atoms with Crippen molar-refractivity contribution in [2.45, 2.75) is 65.0 Å². The summed E-state index contributed by atoms with van der Waals surface area (Å²) in [5, 5.41) is 4.48. The summed E-state index contributed by atoms with van der Waals surface area (Å²) in [5.74, 6) is 2.44. The summed E-state index contributed by atoms with van der Waals surface area (Å²) in [4.78, 5) is 22.5. The van der Waals surface area contributed by atoms with Gasteiger partial charge in [0.25, 0.3) is 0 Å². The maximum Gasteiger partial charge on any atom is 0.345 e. The van der Waals surface area contributed by atoms with Gasteiger partial charge in [0.15, 0.2) is 0 Å². The second-order valence-corrected chi connectivity index (χ2v) is 7.02. The quantitative estimate of drug-likeness (QED) is 0.833. The number of aryl methyl sites for hydroxylation is 2. The number of imidazole rings is 1. The van der Waals surface area contributed by atoms with Crippen LogP contribution in [-0.4, -0.2) is 42.3 Å². The number of piperidine rings is 1. The Labute approximate surface area is 149 Å². The molecular weight excluding hydrogens is 316 g/mol. The second kappa shape index (κ2) is 7.99. The molecule has 0 unspecified atom stereocenters. The van der Waals surface area contributed by atoms with Gasteiger partial charge in [0.05, 0.1) is 0 Å². The highest BCUT2D eigenvalue weighted by atomic mass is 16.2. The minimum absolute atomic E-state index is 0.00278. The molecule has 1 saturated heterocycles. The van der Waals surface area contributed by atoms with Gasteiger partial charge in [0.2, 0.25) is 0 Å². The lowest BCUT2D eigenvalue weighted by atomic mass is 9.96. The van der Waals surface area contributed by atoms with Crippen molar-refractivity contribution >= 4 is 0 Å². The van der Waals surface area contributed by atoms with Crippen LogP contribution >= 0.6 is 0 Å². The van der Waals surface area contributed by atoms with Gasteiger partial charge in [-0.3, -0.25) is 9.47 Å². The van der Waals surface area contributed by atoms with E-state index in [2.05, 4.69) is 26.9 Å². The molecule has 7 heteroatoms. The number of nitrogens with one attached hydrogen (secondary N) is 1. The standard InChI is InChI=1S/C18H30N6O/c1-4-6-7-16-19-12-15(20-16)13-23-10-8-14(9-11-23)17-21-22(3)18(25)24(17)5-2/h12,14H,4-11,13H2,1-3H3,(H,19,20). The van der Waals surface area contributed by atoms with E-state index in [0.29, 0.717) is 12.5 Å². The first-order chi connectivity index (χ1) is 12.1. The molecule has 3 rings (SSSR count). The summed E-state index contributed by atoms with van der Waals surface area (Å²) in [6, 6.07) is 0. The Kier molecular flexibility index (Phi) is 5.73. The molecule has 1 N–H and O–H groups in total. The maximum atomic E-state index is 12.1. The van der Waals surface area contributed by atoms with E-state index >= 15 is 0 Å². The van der Waals surface area contributed by atoms with Crippen molar-refractivity contribution in [1.29, 1.82) is 0 Å². The molecule has 0 saturated carbocycles. The Hall–Kier alpha value is -1.89. The number of aromatic amines is 1. The first-order valence-electron chi connectivity index (χ1n) is 9.51. The lowest BCUT2D eigenvalue weighted by Gasteiger charge is -2.31. The summed E-state index contributed by atoms with van der Waals surface area (Å²) in [7, 11) is 1.74. The number of hydrogen-bond donors (Lipinski definition) is 1. The van der Waals surface area contributed by atoms with Gasteiger partial charge in [-0.15, -0.1) is 0 Å². The zero-order valence-corrected chi connectivity index (χ0v) is 15.7. The van der Waals surface area contributed by atoms with Gasteiger partial charge in [0, 0.05) is 44.4 Å². The van der Waals surface area contributed by atoms with Crippen LogP contribution in [0.3, 0.4) is 0 Å². The van der Waals surface area contributed by atoms with Crippen molar-refractivity contribution in [3.05, 3.63) is 34.0 Å². The number of hydrogen-bond acceptors (Lipinski definition) is 4. The predicted octanol–water partition coefficient (Wildman–Crippen LogP) is 2.05. The minimum atomic E-state index is -0.00278. The summed E-state index contributed by atoms with van der Waals surface area (Å²) < 4.78 is 3.28. The van der Waals surface area contributed by atoms with Gasteiger partial charge in [-0.1, -0.05) is 13.3 Å². The van der Waals surface area contributed by atoms with Crippen LogP contribution in [0.4, 0.5) is 0 Å². The number of likely N-dealkylation sites (tertiary alicyclic amines) is 1. The molecule has 138 valence electrons. The van der Waals surface area contributed by atoms with Crippen LogP contribution in [0.25, 0.3) is 0 Å². The fourth-order valence-corrected chi connectivity index (χ4v) is 3.67. The van der Waals surface area contributed by atoms with E-state index in [1.807, 2.05) is 17.7 Å². The summed E-state index contributed by atoms with van der Waals surface area (Å²) in [6.07, 6.45) is 7.49. The largest absolute Gasteiger partial charge is 0.345 e. The highest BCUT2D eigenvalue weighted by molar-refractivity contribution is 5.04. The van der Waals surface area contributed by atoms with Crippen LogP contribution in [-0.2, 0) is 26.6 Å². The van der Waals surface area contributed by atoms with Gasteiger partial charge in [0.1, 0.15) is 11.6 Å². The van der Waals surface area contributed by atoms with E-state index in [-0.39, 0.29) is 5.69 Å². The van der Waals surface area contributed by atoms with E-state index in [4.69, 9.17) is 0 Å². The first kappa shape index (κ1) is 17.9. The van der Waals surface area contributed by atoms with E-state index in [1.54, 1.807) is 7.05 Å². The molecule has 0 amide bonds. The molecule has 0 bridgehead atoms. The average molecular weight is 346 g/mol. The van der Waals surface area contributed by atoms with Crippen molar-refractivity contribution in [3.63, 3.8) is 0 Å². The van der Waals surface area contributed by atoms with Crippen molar-refractivity contribution in [1.82, 2.24) is 29.2 Å². The number of nitrogens with zero attached hydrogens (tertiary/aromatic N) is 5. The van der Waals surface area contributed by atoms with E-state index < -0.39 is 0 Å². The third-order valence-corrected chi connectivity index (χ3v) is 5.15. The smallest absolute Gasteiger partial charge is 0.345 e. The fourth-order valence-electron chi connectivity index (χ4n) is 3.67. The molecule has 2 aromatic rings. The van der Waals surface area contributed by atoms with Crippen LogP contribution < -0.4 is 5.69 Å². The molecule has 0 aromatic carbocycles. The highest BCUT2D eigenvalue weighted by Gasteiger charge is 2.26. The van der Waals surface area contributed by atoms with Gasteiger partial charge in [-0.25, -0.2) is 14.5 Å². The molecule has 0 radical (unpaired) electrons. The minimum Gasteiger partial charge on any atom is -0.345 e. The van der Waals surface area contributed by atoms with Crippen molar-refractivity contribution in [2.75, 3.05) is 13.1 Å². The Morgan fingerprint density at radius 2 is 2.04 bits per heavy atom. The van der Waals surface area contributed by atoms with Crippen LogP contribution in [0.1, 0.15) is 62.8 Å². The molecule has 25 heavy (non-hydrogen) atoms. The highest BCUT2D eigenvalue weighted by Crippen LogP contribution is 2.26. The van der Waals surface area contributed by atoms with E-state index in [1.165, 1.54) is 23.2 Å². The Morgan fingerprint density at radius 1 is 1.28 bits per heavy atom. The van der Waals surface area contributed by atoms with Crippen LogP contribution in [0, 0.1) is 0 Å². The number of H-pyrrole nitrogens is 1. The van der Waals surface area contributed by atoms with Gasteiger partial charge >= 0.3 is 5.69 Å². The van der Waals surface area contributed by atoms with Crippen LogP contribution in [0.2, 0.25) is 0 Å². The molecule has 0 aliphatic carbocycles. The zero-order chi connectivity index (χ0) is 17.8. The lowest BCUT2D eigenvalue weighted by Crippen LogP contribution is -2.34.